The number of benzene rings is 1. The maximum Gasteiger partial charge on any atom is 0.456 e. The molecular formula is C30H35F5O2. The zero-order valence-electron chi connectivity index (χ0n) is 21.6. The largest absolute Gasteiger partial charge is 0.456 e. The molecule has 2 nitrogen and oxygen atoms in total. The zero-order chi connectivity index (χ0) is 27.0. The number of carbonyl (C=O) groups excluding carboxylic acids is 1. The molecule has 0 amide bonds. The van der Waals surface area contributed by atoms with Crippen molar-refractivity contribution in [1.29, 1.82) is 0 Å². The van der Waals surface area contributed by atoms with E-state index in [0.717, 1.165) is 40.7 Å². The van der Waals surface area contributed by atoms with Gasteiger partial charge in [0.1, 0.15) is 6.10 Å². The maximum absolute atomic E-state index is 14.7. The fourth-order valence-corrected chi connectivity index (χ4v) is 7.59. The summed E-state index contributed by atoms with van der Waals surface area (Å²) in [6.07, 6.45) is -2.40. The van der Waals surface area contributed by atoms with Crippen molar-refractivity contribution in [2.75, 3.05) is 0 Å². The van der Waals surface area contributed by atoms with Crippen LogP contribution in [0.2, 0.25) is 0 Å². The summed E-state index contributed by atoms with van der Waals surface area (Å²) >= 11 is 0. The summed E-state index contributed by atoms with van der Waals surface area (Å²) < 4.78 is 69.9. The molecule has 202 valence electrons. The van der Waals surface area contributed by atoms with Gasteiger partial charge in [0.15, 0.2) is 5.78 Å². The summed E-state index contributed by atoms with van der Waals surface area (Å²) in [6, 6.07) is 8.04. The monoisotopic (exact) mass is 522 g/mol. The Bertz CT molecular complexity index is 1160. The first-order valence-corrected chi connectivity index (χ1v) is 13.4. The third-order valence-corrected chi connectivity index (χ3v) is 9.94. The number of carbonyl (C=O) groups is 1. The molecule has 5 rings (SSSR count). The third kappa shape index (κ3) is 4.20. The van der Waals surface area contributed by atoms with E-state index in [-0.39, 0.29) is 23.5 Å². The van der Waals surface area contributed by atoms with Crippen LogP contribution in [0.5, 0.6) is 0 Å². The normalized spacial score (nSPS) is 32.4. The van der Waals surface area contributed by atoms with Gasteiger partial charge < -0.3 is 5.11 Å². The average Bonchev–Trinajstić information content (AvgIpc) is 3.60. The van der Waals surface area contributed by atoms with Gasteiger partial charge in [0.2, 0.25) is 0 Å². The van der Waals surface area contributed by atoms with Gasteiger partial charge in [-0.15, -0.1) is 0 Å². The van der Waals surface area contributed by atoms with Gasteiger partial charge in [0, 0.05) is 17.8 Å². The minimum absolute atomic E-state index is 0.00489. The predicted molar refractivity (Wildman–Crippen MR) is 131 cm³/mol. The van der Waals surface area contributed by atoms with Crippen molar-refractivity contribution < 1.29 is 31.9 Å². The smallest absolute Gasteiger partial charge is 0.386 e. The van der Waals surface area contributed by atoms with E-state index in [9.17, 15) is 31.9 Å². The summed E-state index contributed by atoms with van der Waals surface area (Å²) in [6.45, 7) is 5.42. The third-order valence-electron chi connectivity index (χ3n) is 9.94. The summed E-state index contributed by atoms with van der Waals surface area (Å²) in [4.78, 5) is 12.2. The van der Waals surface area contributed by atoms with Crippen molar-refractivity contribution in [2.45, 2.75) is 102 Å². The summed E-state index contributed by atoms with van der Waals surface area (Å²) in [5.41, 5.74) is 3.62. The molecular weight excluding hydrogens is 487 g/mol. The lowest BCUT2D eigenvalue weighted by molar-refractivity contribution is -0.333. The van der Waals surface area contributed by atoms with Crippen molar-refractivity contribution in [3.8, 4) is 0 Å². The number of rotatable bonds is 5. The average molecular weight is 523 g/mol. The molecule has 4 aliphatic rings. The van der Waals surface area contributed by atoms with Crippen molar-refractivity contribution in [1.82, 2.24) is 0 Å². The van der Waals surface area contributed by atoms with Crippen LogP contribution in [0.3, 0.4) is 0 Å². The fourth-order valence-electron chi connectivity index (χ4n) is 7.59. The molecule has 4 aliphatic carbocycles. The Kier molecular flexibility index (Phi) is 6.29. The van der Waals surface area contributed by atoms with E-state index in [2.05, 4.69) is 19.1 Å². The van der Waals surface area contributed by atoms with Crippen molar-refractivity contribution in [3.63, 3.8) is 0 Å². The second-order valence-corrected chi connectivity index (χ2v) is 12.2. The molecule has 5 atom stereocenters. The molecule has 1 N–H and O–H groups in total. The number of hydrogen-bond acceptors (Lipinski definition) is 2. The van der Waals surface area contributed by atoms with Crippen LogP contribution < -0.4 is 0 Å². The van der Waals surface area contributed by atoms with Gasteiger partial charge in [0.25, 0.3) is 0 Å². The predicted octanol–water partition coefficient (Wildman–Crippen LogP) is 7.81. The van der Waals surface area contributed by atoms with Gasteiger partial charge in [-0.3, -0.25) is 4.79 Å². The topological polar surface area (TPSA) is 37.3 Å². The number of hydrogen-bond donors (Lipinski definition) is 1. The lowest BCUT2D eigenvalue weighted by Crippen LogP contribution is -2.59. The molecule has 0 aliphatic heterocycles. The summed E-state index contributed by atoms with van der Waals surface area (Å²) in [5.74, 6) is -6.31. The molecule has 0 radical (unpaired) electrons. The Labute approximate surface area is 215 Å². The van der Waals surface area contributed by atoms with Gasteiger partial charge in [-0.2, -0.15) is 22.0 Å². The van der Waals surface area contributed by atoms with Crippen LogP contribution in [0.25, 0.3) is 0 Å². The molecule has 0 aromatic heterocycles. The highest BCUT2D eigenvalue weighted by molar-refractivity contribution is 5.93. The lowest BCUT2D eigenvalue weighted by Gasteiger charge is -2.56. The first-order chi connectivity index (χ1) is 17.2. The van der Waals surface area contributed by atoms with E-state index < -0.39 is 35.5 Å². The fraction of sp³-hybridized carbons (Fsp3) is 0.633. The molecule has 0 heterocycles. The number of aliphatic hydroxyl groups excluding tert-OH is 1. The number of aliphatic hydroxyl groups is 1. The lowest BCUT2D eigenvalue weighted by atomic mass is 9.50. The molecule has 37 heavy (non-hydrogen) atoms. The standard InChI is InChI=1S/C30H35F5O2/c1-4-24-22-10-8-18-15-20(36)9-11-21(18)25(22)23(17-6-5-7-19(14-17)27(2)12-13-27)16-28(24,3)26(37)29(31,32)30(33,34)35/h5-7,14-15,22-24,26,37H,4,8-13,16H2,1-3H3/t22?,23-,24?,26?,28+/m1/s1. The van der Waals surface area contributed by atoms with Crippen LogP contribution in [0.15, 0.2) is 47.1 Å². The highest BCUT2D eigenvalue weighted by atomic mass is 19.4. The van der Waals surface area contributed by atoms with Crippen LogP contribution in [-0.2, 0) is 10.2 Å². The number of ketones is 1. The maximum atomic E-state index is 14.7. The van der Waals surface area contributed by atoms with Gasteiger partial charge in [0.05, 0.1) is 0 Å². The minimum atomic E-state index is -5.84. The second kappa shape index (κ2) is 8.75. The van der Waals surface area contributed by atoms with E-state index in [4.69, 9.17) is 0 Å². The van der Waals surface area contributed by atoms with Crippen molar-refractivity contribution >= 4 is 5.78 Å². The van der Waals surface area contributed by atoms with E-state index in [1.165, 1.54) is 6.92 Å². The molecule has 1 aromatic rings. The van der Waals surface area contributed by atoms with Crippen LogP contribution >= 0.6 is 0 Å². The Balaban J connectivity index is 1.68. The van der Waals surface area contributed by atoms with Gasteiger partial charge in [-0.1, -0.05) is 57.0 Å². The highest BCUT2D eigenvalue weighted by Crippen LogP contribution is 2.63. The van der Waals surface area contributed by atoms with Crippen LogP contribution in [0.4, 0.5) is 22.0 Å². The van der Waals surface area contributed by atoms with Gasteiger partial charge in [-0.05, 0) is 84.1 Å². The Morgan fingerprint density at radius 1 is 1.08 bits per heavy atom. The highest BCUT2D eigenvalue weighted by Gasteiger charge is 2.68. The summed E-state index contributed by atoms with van der Waals surface area (Å²) in [7, 11) is 0. The van der Waals surface area contributed by atoms with E-state index >= 15 is 0 Å². The Morgan fingerprint density at radius 3 is 2.41 bits per heavy atom. The second-order valence-electron chi connectivity index (χ2n) is 12.2. The first-order valence-electron chi connectivity index (χ1n) is 13.4. The van der Waals surface area contributed by atoms with Crippen LogP contribution in [0.1, 0.15) is 89.2 Å². The van der Waals surface area contributed by atoms with E-state index in [0.29, 0.717) is 32.1 Å². The molecule has 0 spiro atoms. The van der Waals surface area contributed by atoms with Gasteiger partial charge in [-0.25, -0.2) is 0 Å². The van der Waals surface area contributed by atoms with E-state index in [1.807, 2.05) is 19.1 Å². The van der Waals surface area contributed by atoms with E-state index in [1.54, 1.807) is 6.08 Å². The quantitative estimate of drug-likeness (QED) is 0.401. The number of allylic oxidation sites excluding steroid dienone is 4. The Morgan fingerprint density at radius 2 is 1.78 bits per heavy atom. The van der Waals surface area contributed by atoms with Crippen LogP contribution in [-0.4, -0.2) is 29.1 Å². The van der Waals surface area contributed by atoms with Gasteiger partial charge >= 0.3 is 12.1 Å². The number of halogens is 5. The summed E-state index contributed by atoms with van der Waals surface area (Å²) in [5, 5.41) is 10.9. The molecule has 7 heteroatoms. The number of alkyl halides is 5. The first kappa shape index (κ1) is 26.6. The van der Waals surface area contributed by atoms with Crippen molar-refractivity contribution in [3.05, 3.63) is 58.2 Å². The molecule has 2 saturated carbocycles. The molecule has 0 bridgehead atoms. The zero-order valence-corrected chi connectivity index (χ0v) is 21.6. The molecule has 3 unspecified atom stereocenters. The SMILES string of the molecule is CCC1C2CCC3=CC(=O)CCC3=C2[C@@H](c2cccc(C3(C)CC3)c2)C[C@]1(C)C(O)C(F)(F)C(F)(F)F. The molecule has 0 saturated heterocycles. The Hall–Kier alpha value is -2.02. The minimum Gasteiger partial charge on any atom is -0.386 e. The van der Waals surface area contributed by atoms with Crippen molar-refractivity contribution in [2.24, 2.45) is 17.3 Å². The molecule has 2 fully saturated rings. The van der Waals surface area contributed by atoms with Crippen LogP contribution in [0, 0.1) is 17.3 Å². The molecule has 1 aromatic carbocycles. The number of fused-ring (bicyclic) bond motifs is 2.